The predicted octanol–water partition coefficient (Wildman–Crippen LogP) is 2.47. The van der Waals surface area contributed by atoms with Gasteiger partial charge in [0.2, 0.25) is 5.95 Å². The van der Waals surface area contributed by atoms with Gasteiger partial charge >= 0.3 is 0 Å². The van der Waals surface area contributed by atoms with E-state index in [2.05, 4.69) is 51.8 Å². The number of anilines is 1. The van der Waals surface area contributed by atoms with E-state index < -0.39 is 0 Å². The summed E-state index contributed by atoms with van der Waals surface area (Å²) in [6.45, 7) is 5.25. The third-order valence-corrected chi connectivity index (χ3v) is 3.71. The van der Waals surface area contributed by atoms with E-state index in [0.29, 0.717) is 11.9 Å². The number of aryl methyl sites for hydroxylation is 1. The van der Waals surface area contributed by atoms with Crippen molar-refractivity contribution in [3.63, 3.8) is 0 Å². The maximum absolute atomic E-state index is 4.40. The van der Waals surface area contributed by atoms with Gasteiger partial charge in [-0.3, -0.25) is 0 Å². The van der Waals surface area contributed by atoms with Gasteiger partial charge in [0.05, 0.1) is 0 Å². The second-order valence-corrected chi connectivity index (χ2v) is 5.40. The van der Waals surface area contributed by atoms with Crippen molar-refractivity contribution < 1.29 is 0 Å². The van der Waals surface area contributed by atoms with Crippen molar-refractivity contribution in [2.45, 2.75) is 13.3 Å². The van der Waals surface area contributed by atoms with Gasteiger partial charge in [0, 0.05) is 24.5 Å². The van der Waals surface area contributed by atoms with Crippen LogP contribution in [0, 0.1) is 12.8 Å². The molecular formula is C16H20N4. The summed E-state index contributed by atoms with van der Waals surface area (Å²) in [7, 11) is 0. The molecule has 1 aliphatic rings. The molecule has 0 saturated carbocycles. The Morgan fingerprint density at radius 2 is 2.10 bits per heavy atom. The molecule has 1 aliphatic heterocycles. The molecule has 2 heterocycles. The molecule has 4 nitrogen and oxygen atoms in total. The third kappa shape index (κ3) is 3.14. The zero-order valence-corrected chi connectivity index (χ0v) is 11.8. The Balaban J connectivity index is 1.65. The van der Waals surface area contributed by atoms with Gasteiger partial charge in [0.1, 0.15) is 0 Å². The van der Waals surface area contributed by atoms with Crippen LogP contribution in [0.4, 0.5) is 5.95 Å². The van der Waals surface area contributed by atoms with Gasteiger partial charge < -0.3 is 10.6 Å². The molecule has 104 valence electrons. The van der Waals surface area contributed by atoms with Crippen LogP contribution in [-0.4, -0.2) is 29.6 Å². The van der Waals surface area contributed by atoms with E-state index in [1.54, 1.807) is 0 Å². The van der Waals surface area contributed by atoms with E-state index >= 15 is 0 Å². The van der Waals surface area contributed by atoms with Gasteiger partial charge in [-0.2, -0.15) is 0 Å². The normalized spacial score (nSPS) is 18.1. The Labute approximate surface area is 119 Å². The first-order valence-electron chi connectivity index (χ1n) is 7.15. The summed E-state index contributed by atoms with van der Waals surface area (Å²) in [5.41, 5.74) is 3.47. The van der Waals surface area contributed by atoms with E-state index in [0.717, 1.165) is 30.8 Å². The van der Waals surface area contributed by atoms with Crippen molar-refractivity contribution in [3.05, 3.63) is 42.2 Å². The van der Waals surface area contributed by atoms with E-state index in [4.69, 9.17) is 0 Å². The van der Waals surface area contributed by atoms with Crippen LogP contribution in [0.25, 0.3) is 11.1 Å². The van der Waals surface area contributed by atoms with Gasteiger partial charge in [-0.25, -0.2) is 9.97 Å². The molecule has 0 spiro atoms. The van der Waals surface area contributed by atoms with Crippen molar-refractivity contribution in [3.8, 4) is 11.1 Å². The molecule has 0 aliphatic carbocycles. The predicted molar refractivity (Wildman–Crippen MR) is 81.7 cm³/mol. The fourth-order valence-corrected chi connectivity index (χ4v) is 2.52. The minimum atomic E-state index is 0.690. The third-order valence-electron chi connectivity index (χ3n) is 3.71. The lowest BCUT2D eigenvalue weighted by Crippen LogP contribution is -2.18. The van der Waals surface area contributed by atoms with Gasteiger partial charge in [-0.1, -0.05) is 29.8 Å². The van der Waals surface area contributed by atoms with Gasteiger partial charge in [-0.05, 0) is 37.9 Å². The number of hydrogen-bond donors (Lipinski definition) is 2. The molecule has 0 bridgehead atoms. The Kier molecular flexibility index (Phi) is 3.92. The number of nitrogens with zero attached hydrogens (tertiary/aromatic N) is 2. The maximum Gasteiger partial charge on any atom is 0.222 e. The summed E-state index contributed by atoms with van der Waals surface area (Å²) < 4.78 is 0. The first-order valence-corrected chi connectivity index (χ1v) is 7.15. The van der Waals surface area contributed by atoms with E-state index in [1.807, 2.05) is 12.4 Å². The molecule has 3 rings (SSSR count). The number of benzene rings is 1. The van der Waals surface area contributed by atoms with Crippen molar-refractivity contribution in [2.75, 3.05) is 25.0 Å². The van der Waals surface area contributed by atoms with Crippen molar-refractivity contribution >= 4 is 5.95 Å². The smallest absolute Gasteiger partial charge is 0.222 e. The summed E-state index contributed by atoms with van der Waals surface area (Å²) in [6, 6.07) is 8.39. The van der Waals surface area contributed by atoms with Crippen LogP contribution in [0.1, 0.15) is 12.0 Å². The average molecular weight is 268 g/mol. The molecule has 1 saturated heterocycles. The fourth-order valence-electron chi connectivity index (χ4n) is 2.52. The van der Waals surface area contributed by atoms with E-state index in [9.17, 15) is 0 Å². The Bertz CT molecular complexity index is 559. The summed E-state index contributed by atoms with van der Waals surface area (Å²) >= 11 is 0. The van der Waals surface area contributed by atoms with E-state index in [1.165, 1.54) is 12.0 Å². The summed E-state index contributed by atoms with van der Waals surface area (Å²) in [6.07, 6.45) is 5.00. The topological polar surface area (TPSA) is 49.8 Å². The summed E-state index contributed by atoms with van der Waals surface area (Å²) in [5, 5.41) is 6.68. The van der Waals surface area contributed by atoms with Crippen LogP contribution < -0.4 is 10.6 Å². The number of nitrogens with one attached hydrogen (secondary N) is 2. The molecule has 1 aromatic carbocycles. The lowest BCUT2D eigenvalue weighted by Gasteiger charge is -2.10. The highest BCUT2D eigenvalue weighted by molar-refractivity contribution is 5.62. The quantitative estimate of drug-likeness (QED) is 0.894. The van der Waals surface area contributed by atoms with Crippen LogP contribution in [0.15, 0.2) is 36.7 Å². The van der Waals surface area contributed by atoms with Crippen LogP contribution >= 0.6 is 0 Å². The molecule has 2 aromatic rings. The molecule has 4 heteroatoms. The van der Waals surface area contributed by atoms with Crippen LogP contribution in [0.2, 0.25) is 0 Å². The second-order valence-electron chi connectivity index (χ2n) is 5.40. The lowest BCUT2D eigenvalue weighted by molar-refractivity contribution is 0.613. The lowest BCUT2D eigenvalue weighted by atomic mass is 10.1. The Morgan fingerprint density at radius 1 is 1.25 bits per heavy atom. The molecule has 1 fully saturated rings. The molecule has 1 unspecified atom stereocenters. The molecule has 20 heavy (non-hydrogen) atoms. The highest BCUT2D eigenvalue weighted by Gasteiger charge is 2.14. The highest BCUT2D eigenvalue weighted by atomic mass is 15.1. The number of hydrogen-bond acceptors (Lipinski definition) is 4. The molecule has 1 atom stereocenters. The first-order chi connectivity index (χ1) is 9.81. The molecule has 2 N–H and O–H groups in total. The average Bonchev–Trinajstić information content (AvgIpc) is 2.99. The Hall–Kier alpha value is -1.94. The standard InChI is InChI=1S/C16H20N4/c1-12-3-2-4-14(7-12)15-10-19-16(20-11-15)18-9-13-5-6-17-8-13/h2-4,7,10-11,13,17H,5-6,8-9H2,1H3,(H,18,19,20). The summed E-state index contributed by atoms with van der Waals surface area (Å²) in [4.78, 5) is 8.81. The van der Waals surface area contributed by atoms with Crippen molar-refractivity contribution in [2.24, 2.45) is 5.92 Å². The first kappa shape index (κ1) is 13.1. The maximum atomic E-state index is 4.40. The van der Waals surface area contributed by atoms with Gasteiger partial charge in [0.25, 0.3) is 0 Å². The summed E-state index contributed by atoms with van der Waals surface area (Å²) in [5.74, 6) is 1.41. The SMILES string of the molecule is Cc1cccc(-c2cnc(NCC3CCNC3)nc2)c1. The second kappa shape index (κ2) is 6.01. The van der Waals surface area contributed by atoms with Crippen molar-refractivity contribution in [1.82, 2.24) is 15.3 Å². The molecule has 1 aromatic heterocycles. The largest absolute Gasteiger partial charge is 0.354 e. The number of rotatable bonds is 4. The van der Waals surface area contributed by atoms with Crippen molar-refractivity contribution in [1.29, 1.82) is 0 Å². The minimum Gasteiger partial charge on any atom is -0.354 e. The monoisotopic (exact) mass is 268 g/mol. The van der Waals surface area contributed by atoms with E-state index in [-0.39, 0.29) is 0 Å². The zero-order valence-electron chi connectivity index (χ0n) is 11.8. The van der Waals surface area contributed by atoms with Crippen LogP contribution in [0.5, 0.6) is 0 Å². The Morgan fingerprint density at radius 3 is 2.80 bits per heavy atom. The molecule has 0 radical (unpaired) electrons. The number of aromatic nitrogens is 2. The highest BCUT2D eigenvalue weighted by Crippen LogP contribution is 2.19. The van der Waals surface area contributed by atoms with Gasteiger partial charge in [0.15, 0.2) is 0 Å². The minimum absolute atomic E-state index is 0.690. The van der Waals surface area contributed by atoms with Crippen LogP contribution in [0.3, 0.4) is 0 Å². The molecular weight excluding hydrogens is 248 g/mol. The van der Waals surface area contributed by atoms with Crippen LogP contribution in [-0.2, 0) is 0 Å². The van der Waals surface area contributed by atoms with Gasteiger partial charge in [-0.15, -0.1) is 0 Å². The molecule has 0 amide bonds. The fraction of sp³-hybridized carbons (Fsp3) is 0.375. The zero-order chi connectivity index (χ0) is 13.8.